The van der Waals surface area contributed by atoms with Gasteiger partial charge in [-0.2, -0.15) is 5.11 Å². The number of hydrogen-bond acceptors (Lipinski definition) is 7. The van der Waals surface area contributed by atoms with E-state index in [0.717, 1.165) is 4.90 Å². The van der Waals surface area contributed by atoms with Crippen LogP contribution in [-0.4, -0.2) is 48.0 Å². The molecule has 10 heteroatoms. The van der Waals surface area contributed by atoms with E-state index in [1.807, 2.05) is 6.92 Å². The first-order valence-corrected chi connectivity index (χ1v) is 9.69. The first-order chi connectivity index (χ1) is 14.5. The molecular formula is C20H18ClN5O4. The molecule has 9 nitrogen and oxygen atoms in total. The van der Waals surface area contributed by atoms with E-state index in [2.05, 4.69) is 15.7 Å². The van der Waals surface area contributed by atoms with Gasteiger partial charge in [-0.25, -0.2) is 4.90 Å². The number of rotatable bonds is 6. The molecule has 2 heterocycles. The van der Waals surface area contributed by atoms with E-state index in [4.69, 9.17) is 16.3 Å². The third-order valence-electron chi connectivity index (χ3n) is 4.68. The minimum Gasteiger partial charge on any atom is -0.494 e. The quantitative estimate of drug-likeness (QED) is 0.714. The Bertz CT molecular complexity index is 1030. The Balaban J connectivity index is 1.46. The van der Waals surface area contributed by atoms with Crippen LogP contribution in [0.4, 0.5) is 11.4 Å². The van der Waals surface area contributed by atoms with Gasteiger partial charge in [0.2, 0.25) is 5.91 Å². The molecule has 1 saturated heterocycles. The van der Waals surface area contributed by atoms with Crippen LogP contribution in [0.15, 0.2) is 58.9 Å². The molecule has 2 aromatic rings. The Morgan fingerprint density at radius 1 is 1.17 bits per heavy atom. The first-order valence-electron chi connectivity index (χ1n) is 9.31. The molecule has 4 rings (SSSR count). The second-order valence-electron chi connectivity index (χ2n) is 6.69. The normalized spacial score (nSPS) is 19.9. The molecule has 2 aliphatic rings. The van der Waals surface area contributed by atoms with Gasteiger partial charge in [-0.05, 0) is 49.4 Å². The van der Waals surface area contributed by atoms with Gasteiger partial charge in [0.25, 0.3) is 11.8 Å². The van der Waals surface area contributed by atoms with Crippen LogP contribution in [0.2, 0.25) is 5.02 Å². The van der Waals surface area contributed by atoms with E-state index < -0.39 is 29.8 Å². The predicted molar refractivity (Wildman–Crippen MR) is 109 cm³/mol. The van der Waals surface area contributed by atoms with E-state index in [1.165, 1.54) is 5.01 Å². The Morgan fingerprint density at radius 2 is 1.93 bits per heavy atom. The highest BCUT2D eigenvalue weighted by Crippen LogP contribution is 2.32. The molecule has 1 fully saturated rings. The lowest BCUT2D eigenvalue weighted by atomic mass is 10.1. The van der Waals surface area contributed by atoms with Gasteiger partial charge in [0.1, 0.15) is 12.3 Å². The topological polar surface area (TPSA) is 104 Å². The molecule has 0 aromatic heterocycles. The molecule has 1 N–H and O–H groups in total. The smallest absolute Gasteiger partial charge is 0.263 e. The molecule has 154 valence electrons. The fourth-order valence-corrected chi connectivity index (χ4v) is 3.57. The van der Waals surface area contributed by atoms with Crippen molar-refractivity contribution in [1.29, 1.82) is 0 Å². The number of ether oxygens (including phenoxy) is 1. The van der Waals surface area contributed by atoms with E-state index in [9.17, 15) is 14.4 Å². The average molecular weight is 428 g/mol. The zero-order valence-corrected chi connectivity index (χ0v) is 16.7. The first kappa shape index (κ1) is 19.8. The molecule has 0 radical (unpaired) electrons. The summed E-state index contributed by atoms with van der Waals surface area (Å²) in [5, 5.41) is 12.2. The number of nitrogens with zero attached hydrogens (tertiary/aromatic N) is 4. The maximum absolute atomic E-state index is 13.0. The third kappa shape index (κ3) is 3.71. The Hall–Kier alpha value is -3.46. The van der Waals surface area contributed by atoms with Crippen molar-refractivity contribution >= 4 is 40.7 Å². The lowest BCUT2D eigenvalue weighted by Gasteiger charge is -2.20. The highest BCUT2D eigenvalue weighted by molar-refractivity contribution is 6.31. The van der Waals surface area contributed by atoms with Gasteiger partial charge < -0.3 is 10.1 Å². The molecule has 0 spiro atoms. The van der Waals surface area contributed by atoms with Crippen molar-refractivity contribution in [2.45, 2.75) is 19.0 Å². The van der Waals surface area contributed by atoms with Gasteiger partial charge in [0.05, 0.1) is 12.3 Å². The Morgan fingerprint density at radius 3 is 2.63 bits per heavy atom. The summed E-state index contributed by atoms with van der Waals surface area (Å²) in [7, 11) is 0. The van der Waals surface area contributed by atoms with Crippen molar-refractivity contribution < 1.29 is 19.1 Å². The van der Waals surface area contributed by atoms with Gasteiger partial charge in [-0.1, -0.05) is 22.9 Å². The summed E-state index contributed by atoms with van der Waals surface area (Å²) in [6, 6.07) is 11.4. The maximum Gasteiger partial charge on any atom is 0.263 e. The number of carbonyl (C=O) groups excluding carboxylic acids is 3. The Kier molecular flexibility index (Phi) is 5.37. The molecule has 0 bridgehead atoms. The molecule has 0 unspecified atom stereocenters. The molecule has 2 aromatic carbocycles. The number of amides is 3. The SMILES string of the molecule is CCOc1ccc(N2C(=O)[C@@H]3[C@@H](N=NN3CC(=O)Nc3cccc(Cl)c3)C2=O)cc1. The maximum atomic E-state index is 13.0. The number of fused-ring (bicyclic) bond motifs is 1. The fourth-order valence-electron chi connectivity index (χ4n) is 3.38. The minimum absolute atomic E-state index is 0.229. The number of anilines is 2. The number of halogens is 1. The van der Waals surface area contributed by atoms with E-state index in [-0.39, 0.29) is 6.54 Å². The predicted octanol–water partition coefficient (Wildman–Crippen LogP) is 2.67. The van der Waals surface area contributed by atoms with Gasteiger partial charge >= 0.3 is 0 Å². The molecule has 2 atom stereocenters. The summed E-state index contributed by atoms with van der Waals surface area (Å²) in [4.78, 5) is 39.2. The zero-order valence-electron chi connectivity index (χ0n) is 16.0. The van der Waals surface area contributed by atoms with Crippen LogP contribution >= 0.6 is 11.6 Å². The molecule has 2 aliphatic heterocycles. The lowest BCUT2D eigenvalue weighted by Crippen LogP contribution is -2.43. The number of benzene rings is 2. The second-order valence-corrected chi connectivity index (χ2v) is 7.13. The highest BCUT2D eigenvalue weighted by Gasteiger charge is 2.55. The van der Waals surface area contributed by atoms with E-state index >= 15 is 0 Å². The van der Waals surface area contributed by atoms with Gasteiger partial charge in [0.15, 0.2) is 12.1 Å². The molecular weight excluding hydrogens is 410 g/mol. The summed E-state index contributed by atoms with van der Waals surface area (Å²) in [6.45, 7) is 2.15. The lowest BCUT2D eigenvalue weighted by molar-refractivity contribution is -0.123. The van der Waals surface area contributed by atoms with Crippen molar-refractivity contribution in [3.8, 4) is 5.75 Å². The fraction of sp³-hybridized carbons (Fsp3) is 0.250. The van der Waals surface area contributed by atoms with Crippen LogP contribution in [0.25, 0.3) is 0 Å². The Labute approximate surface area is 177 Å². The minimum atomic E-state index is -0.969. The standard InChI is InChI=1S/C20H18ClN5O4/c1-2-30-15-8-6-14(7-9-15)26-19(28)17-18(20(26)29)25(24-23-17)11-16(27)22-13-5-3-4-12(21)10-13/h3-10,17-18H,2,11H2,1H3,(H,22,27)/t17-,18+/m1/s1. The average Bonchev–Trinajstić information content (AvgIpc) is 3.23. The third-order valence-corrected chi connectivity index (χ3v) is 4.91. The monoisotopic (exact) mass is 427 g/mol. The van der Waals surface area contributed by atoms with Gasteiger partial charge in [-0.3, -0.25) is 19.4 Å². The number of nitrogens with one attached hydrogen (secondary N) is 1. The van der Waals surface area contributed by atoms with Crippen LogP contribution in [0.1, 0.15) is 6.92 Å². The van der Waals surface area contributed by atoms with Crippen LogP contribution in [0, 0.1) is 0 Å². The van der Waals surface area contributed by atoms with Crippen LogP contribution in [0.5, 0.6) is 5.75 Å². The van der Waals surface area contributed by atoms with Crippen LogP contribution in [-0.2, 0) is 14.4 Å². The van der Waals surface area contributed by atoms with Crippen molar-refractivity contribution in [3.63, 3.8) is 0 Å². The highest BCUT2D eigenvalue weighted by atomic mass is 35.5. The van der Waals surface area contributed by atoms with Crippen LogP contribution in [0.3, 0.4) is 0 Å². The van der Waals surface area contributed by atoms with Crippen molar-refractivity contribution in [3.05, 3.63) is 53.6 Å². The summed E-state index contributed by atoms with van der Waals surface area (Å²) in [5.74, 6) is -0.721. The van der Waals surface area contributed by atoms with Crippen LogP contribution < -0.4 is 15.0 Å². The summed E-state index contributed by atoms with van der Waals surface area (Å²) in [5.41, 5.74) is 0.936. The van der Waals surface area contributed by atoms with E-state index in [0.29, 0.717) is 28.8 Å². The zero-order chi connectivity index (χ0) is 21.3. The summed E-state index contributed by atoms with van der Waals surface area (Å²) in [6.07, 6.45) is 0. The van der Waals surface area contributed by atoms with Crippen molar-refractivity contribution in [1.82, 2.24) is 5.01 Å². The second kappa shape index (κ2) is 8.11. The molecule has 3 amide bonds. The molecule has 0 saturated carbocycles. The molecule has 30 heavy (non-hydrogen) atoms. The van der Waals surface area contributed by atoms with Crippen molar-refractivity contribution in [2.24, 2.45) is 10.3 Å². The van der Waals surface area contributed by atoms with Gasteiger partial charge in [-0.15, -0.1) is 0 Å². The summed E-state index contributed by atoms with van der Waals surface area (Å²) >= 11 is 5.92. The van der Waals surface area contributed by atoms with Gasteiger partial charge in [0, 0.05) is 10.7 Å². The number of imide groups is 1. The number of hydrogen-bond donors (Lipinski definition) is 1. The van der Waals surface area contributed by atoms with E-state index in [1.54, 1.807) is 48.5 Å². The van der Waals surface area contributed by atoms with Crippen molar-refractivity contribution in [2.75, 3.05) is 23.4 Å². The number of carbonyl (C=O) groups is 3. The largest absolute Gasteiger partial charge is 0.494 e. The molecule has 0 aliphatic carbocycles. The summed E-state index contributed by atoms with van der Waals surface area (Å²) < 4.78 is 5.39.